The molecule has 0 amide bonds. The first kappa shape index (κ1) is 16.7. The topological polar surface area (TPSA) is 56.8 Å². The van der Waals surface area contributed by atoms with E-state index in [4.69, 9.17) is 14.2 Å². The van der Waals surface area contributed by atoms with E-state index >= 15 is 0 Å². The summed E-state index contributed by atoms with van der Waals surface area (Å²) < 4.78 is 16.5. The number of hydrogen-bond donors (Lipinski definition) is 1. The Morgan fingerprint density at radius 1 is 1.38 bits per heavy atom. The lowest BCUT2D eigenvalue weighted by Crippen LogP contribution is -2.53. The molecule has 0 aromatic rings. The minimum Gasteiger partial charge on any atom is -0.468 e. The Morgan fingerprint density at radius 3 is 2.71 bits per heavy atom. The van der Waals surface area contributed by atoms with Crippen molar-refractivity contribution in [2.45, 2.75) is 76.2 Å². The van der Waals surface area contributed by atoms with E-state index in [-0.39, 0.29) is 18.2 Å². The third kappa shape index (κ3) is 5.24. The first-order chi connectivity index (χ1) is 10.0. The van der Waals surface area contributed by atoms with Crippen molar-refractivity contribution in [1.29, 1.82) is 0 Å². The van der Waals surface area contributed by atoms with E-state index in [0.717, 1.165) is 32.3 Å². The van der Waals surface area contributed by atoms with Gasteiger partial charge in [0.05, 0.1) is 25.9 Å². The number of ether oxygens (including phenoxy) is 3. The highest BCUT2D eigenvalue weighted by Gasteiger charge is 2.40. The van der Waals surface area contributed by atoms with Gasteiger partial charge in [0.15, 0.2) is 0 Å². The number of carbonyl (C=O) groups excluding carboxylic acids is 1. The van der Waals surface area contributed by atoms with E-state index in [9.17, 15) is 4.79 Å². The highest BCUT2D eigenvalue weighted by atomic mass is 16.5. The zero-order valence-electron chi connectivity index (χ0n) is 13.5. The second-order valence-corrected chi connectivity index (χ2v) is 6.58. The Bertz CT molecular complexity index is 339. The molecular formula is C16H29NO4. The second-order valence-electron chi connectivity index (χ2n) is 6.58. The van der Waals surface area contributed by atoms with Gasteiger partial charge in [0, 0.05) is 19.1 Å². The lowest BCUT2D eigenvalue weighted by molar-refractivity contribution is -0.150. The van der Waals surface area contributed by atoms with E-state index in [0.29, 0.717) is 19.1 Å². The average Bonchev–Trinajstić information content (AvgIpc) is 3.29. The third-order valence-electron chi connectivity index (χ3n) is 4.27. The molecule has 1 aliphatic carbocycles. The van der Waals surface area contributed by atoms with Crippen LogP contribution in [0.1, 0.15) is 52.4 Å². The highest BCUT2D eigenvalue weighted by Crippen LogP contribution is 2.26. The van der Waals surface area contributed by atoms with Gasteiger partial charge >= 0.3 is 5.97 Å². The van der Waals surface area contributed by atoms with E-state index in [1.165, 1.54) is 13.5 Å². The number of carbonyl (C=O) groups is 1. The first-order valence-corrected chi connectivity index (χ1v) is 8.13. The fraction of sp³-hybridized carbons (Fsp3) is 0.938. The van der Waals surface area contributed by atoms with Gasteiger partial charge in [-0.05, 0) is 46.0 Å². The van der Waals surface area contributed by atoms with Crippen LogP contribution in [0.5, 0.6) is 0 Å². The van der Waals surface area contributed by atoms with Gasteiger partial charge in [-0.2, -0.15) is 0 Å². The lowest BCUT2D eigenvalue weighted by atomic mass is 9.94. The lowest BCUT2D eigenvalue weighted by Gasteiger charge is -2.31. The minimum absolute atomic E-state index is 0.00845. The monoisotopic (exact) mass is 299 g/mol. The van der Waals surface area contributed by atoms with Crippen LogP contribution >= 0.6 is 0 Å². The first-order valence-electron chi connectivity index (χ1n) is 8.13. The predicted octanol–water partition coefficient (Wildman–Crippen LogP) is 2.03. The maximum atomic E-state index is 12.1. The summed E-state index contributed by atoms with van der Waals surface area (Å²) in [5.41, 5.74) is -0.664. The maximum absolute atomic E-state index is 12.1. The van der Waals surface area contributed by atoms with Crippen LogP contribution in [0.4, 0.5) is 0 Å². The van der Waals surface area contributed by atoms with Gasteiger partial charge < -0.3 is 14.2 Å². The second kappa shape index (κ2) is 7.56. The van der Waals surface area contributed by atoms with Gasteiger partial charge in [0.1, 0.15) is 5.54 Å². The summed E-state index contributed by atoms with van der Waals surface area (Å²) in [6, 6.07) is 0.447. The van der Waals surface area contributed by atoms with E-state index in [2.05, 4.69) is 5.32 Å². The van der Waals surface area contributed by atoms with Crippen molar-refractivity contribution in [3.63, 3.8) is 0 Å². The Hall–Kier alpha value is -0.650. The van der Waals surface area contributed by atoms with Crippen molar-refractivity contribution in [2.24, 2.45) is 0 Å². The van der Waals surface area contributed by atoms with Gasteiger partial charge in [-0.15, -0.1) is 0 Å². The van der Waals surface area contributed by atoms with Gasteiger partial charge in [0.2, 0.25) is 0 Å². The van der Waals surface area contributed by atoms with Gasteiger partial charge in [-0.1, -0.05) is 0 Å². The van der Waals surface area contributed by atoms with Gasteiger partial charge in [-0.3, -0.25) is 10.1 Å². The zero-order chi connectivity index (χ0) is 15.3. The van der Waals surface area contributed by atoms with Crippen LogP contribution in [0.15, 0.2) is 0 Å². The Kier molecular flexibility index (Phi) is 6.02. The van der Waals surface area contributed by atoms with E-state index in [1.54, 1.807) is 0 Å². The number of nitrogens with one attached hydrogen (secondary N) is 1. The number of methoxy groups -OCH3 is 1. The summed E-state index contributed by atoms with van der Waals surface area (Å²) in [5.74, 6) is -0.209. The highest BCUT2D eigenvalue weighted by molar-refractivity contribution is 5.80. The molecule has 1 saturated heterocycles. The molecule has 0 aromatic carbocycles. The number of rotatable bonds is 8. The van der Waals surface area contributed by atoms with Gasteiger partial charge in [-0.25, -0.2) is 0 Å². The van der Waals surface area contributed by atoms with E-state index in [1.807, 2.05) is 13.8 Å². The molecule has 21 heavy (non-hydrogen) atoms. The van der Waals surface area contributed by atoms with Crippen LogP contribution in [0.2, 0.25) is 0 Å². The summed E-state index contributed by atoms with van der Waals surface area (Å²) in [4.78, 5) is 12.1. The standard InChI is InChI=1S/C16H29NO4/c1-12(21-11-14-6-4-5-9-20-14)10-16(2,15(18)19-3)17-13-7-8-13/h12-14,17H,4-11H2,1-3H3. The predicted molar refractivity (Wildman–Crippen MR) is 80.2 cm³/mol. The molecule has 1 aliphatic heterocycles. The summed E-state index contributed by atoms with van der Waals surface area (Å²) in [7, 11) is 1.44. The van der Waals surface area contributed by atoms with E-state index < -0.39 is 5.54 Å². The zero-order valence-corrected chi connectivity index (χ0v) is 13.5. The third-order valence-corrected chi connectivity index (χ3v) is 4.27. The summed E-state index contributed by atoms with van der Waals surface area (Å²) in [5, 5.41) is 3.40. The summed E-state index contributed by atoms with van der Waals surface area (Å²) in [6.07, 6.45) is 6.52. The number of hydrogen-bond acceptors (Lipinski definition) is 5. The largest absolute Gasteiger partial charge is 0.468 e. The molecule has 3 unspecified atom stereocenters. The summed E-state index contributed by atoms with van der Waals surface area (Å²) >= 11 is 0. The molecule has 122 valence electrons. The van der Waals surface area contributed by atoms with Crippen LogP contribution in [0.3, 0.4) is 0 Å². The summed E-state index contributed by atoms with van der Waals surface area (Å²) in [6.45, 7) is 5.38. The molecule has 0 bridgehead atoms. The normalized spacial score (nSPS) is 26.9. The van der Waals surface area contributed by atoms with Gasteiger partial charge in [0.25, 0.3) is 0 Å². The molecular weight excluding hydrogens is 270 g/mol. The Morgan fingerprint density at radius 2 is 2.14 bits per heavy atom. The Balaban J connectivity index is 1.79. The van der Waals surface area contributed by atoms with Crippen LogP contribution in [-0.4, -0.2) is 50.1 Å². The Labute approximate surface area is 127 Å². The van der Waals surface area contributed by atoms with Crippen molar-refractivity contribution in [1.82, 2.24) is 5.32 Å². The molecule has 0 spiro atoms. The maximum Gasteiger partial charge on any atom is 0.325 e. The molecule has 2 rings (SSSR count). The SMILES string of the molecule is COC(=O)C(C)(CC(C)OCC1CCCCO1)NC1CC1. The quantitative estimate of drug-likeness (QED) is 0.695. The van der Waals surface area contributed by atoms with Crippen LogP contribution in [0, 0.1) is 0 Å². The molecule has 0 radical (unpaired) electrons. The molecule has 2 aliphatic rings. The van der Waals surface area contributed by atoms with Crippen molar-refractivity contribution in [3.05, 3.63) is 0 Å². The molecule has 2 fully saturated rings. The van der Waals surface area contributed by atoms with Crippen molar-refractivity contribution in [3.8, 4) is 0 Å². The van der Waals surface area contributed by atoms with Crippen LogP contribution < -0.4 is 5.32 Å². The van der Waals surface area contributed by atoms with Crippen molar-refractivity contribution < 1.29 is 19.0 Å². The fourth-order valence-electron chi connectivity index (χ4n) is 2.95. The van der Waals surface area contributed by atoms with Crippen LogP contribution in [0.25, 0.3) is 0 Å². The molecule has 1 heterocycles. The molecule has 0 aromatic heterocycles. The smallest absolute Gasteiger partial charge is 0.325 e. The van der Waals surface area contributed by atoms with Crippen molar-refractivity contribution in [2.75, 3.05) is 20.3 Å². The average molecular weight is 299 g/mol. The van der Waals surface area contributed by atoms with Crippen molar-refractivity contribution >= 4 is 5.97 Å². The van der Waals surface area contributed by atoms with Crippen LogP contribution in [-0.2, 0) is 19.0 Å². The minimum atomic E-state index is -0.664. The molecule has 3 atom stereocenters. The molecule has 5 nitrogen and oxygen atoms in total. The fourth-order valence-corrected chi connectivity index (χ4v) is 2.95. The molecule has 1 saturated carbocycles. The number of esters is 1. The molecule has 5 heteroatoms. The molecule has 1 N–H and O–H groups in total.